The Morgan fingerprint density at radius 2 is 2.40 bits per heavy atom. The monoisotopic (exact) mass is 276 g/mol. The molecule has 2 N–H and O–H groups in total. The molecule has 0 bridgehead atoms. The van der Waals surface area contributed by atoms with Crippen LogP contribution in [0.25, 0.3) is 5.65 Å². The lowest BCUT2D eigenvalue weighted by molar-refractivity contribution is 0.0439. The number of hydrogen-bond donors (Lipinski definition) is 1. The second-order valence-electron chi connectivity index (χ2n) is 5.11. The Bertz CT molecular complexity index is 583. The van der Waals surface area contributed by atoms with Crippen molar-refractivity contribution in [3.8, 4) is 0 Å². The van der Waals surface area contributed by atoms with E-state index < -0.39 is 0 Å². The topological polar surface area (TPSA) is 81.6 Å². The summed E-state index contributed by atoms with van der Waals surface area (Å²) in [5, 5.41) is 7.89. The molecule has 0 aromatic carbocycles. The summed E-state index contributed by atoms with van der Waals surface area (Å²) >= 11 is 0. The minimum absolute atomic E-state index is 0.279. The van der Waals surface area contributed by atoms with Crippen molar-refractivity contribution in [1.29, 1.82) is 0 Å². The Morgan fingerprint density at radius 1 is 1.50 bits per heavy atom. The molecule has 1 unspecified atom stereocenters. The molecule has 2 aromatic rings. The van der Waals surface area contributed by atoms with Gasteiger partial charge in [0.25, 0.3) is 0 Å². The second-order valence-corrected chi connectivity index (χ2v) is 5.11. The fourth-order valence-corrected chi connectivity index (χ4v) is 2.57. The zero-order chi connectivity index (χ0) is 13.9. The number of nitrogens with zero attached hydrogens (tertiary/aromatic N) is 5. The van der Waals surface area contributed by atoms with Crippen LogP contribution in [0.5, 0.6) is 0 Å². The number of fused-ring (bicyclic) bond motifs is 1. The van der Waals surface area contributed by atoms with Gasteiger partial charge in [0.15, 0.2) is 5.65 Å². The van der Waals surface area contributed by atoms with Crippen molar-refractivity contribution in [2.45, 2.75) is 32.3 Å². The molecule has 1 atom stereocenters. The molecule has 0 radical (unpaired) electrons. The maximum absolute atomic E-state index is 5.94. The lowest BCUT2D eigenvalue weighted by atomic mass is 10.1. The summed E-state index contributed by atoms with van der Waals surface area (Å²) in [4.78, 5) is 6.66. The molecule has 1 aliphatic rings. The first-order valence-electron chi connectivity index (χ1n) is 7.10. The van der Waals surface area contributed by atoms with Crippen molar-refractivity contribution in [2.75, 3.05) is 30.3 Å². The number of nitrogen functional groups attached to an aromatic ring is 1. The molecule has 7 heteroatoms. The normalized spacial score (nSPS) is 19.6. The maximum Gasteiger partial charge on any atom is 0.209 e. The summed E-state index contributed by atoms with van der Waals surface area (Å²) in [5.74, 6) is 1.27. The Balaban J connectivity index is 1.79. The van der Waals surface area contributed by atoms with Gasteiger partial charge in [-0.25, -0.2) is 0 Å². The van der Waals surface area contributed by atoms with Gasteiger partial charge in [-0.3, -0.25) is 4.40 Å². The molecule has 0 amide bonds. The molecule has 2 aromatic heterocycles. The standard InChI is InChI=1S/C13H20N6O/c1-2-6-20-10-4-3-5-18(8-10)11-7-12-17-15-9-19(12)13(14)16-11/h7,9-10H,2-6,8H2,1H3,(H2,14,16). The number of ether oxygens (including phenoxy) is 1. The van der Waals surface area contributed by atoms with Crippen LogP contribution in [0.4, 0.5) is 11.8 Å². The van der Waals surface area contributed by atoms with Crippen LogP contribution in [-0.2, 0) is 4.74 Å². The van der Waals surface area contributed by atoms with Gasteiger partial charge < -0.3 is 15.4 Å². The molecule has 3 rings (SSSR count). The lowest BCUT2D eigenvalue weighted by Gasteiger charge is -2.33. The van der Waals surface area contributed by atoms with Gasteiger partial charge in [-0.2, -0.15) is 4.98 Å². The number of hydrogen-bond acceptors (Lipinski definition) is 6. The molecule has 7 nitrogen and oxygen atoms in total. The highest BCUT2D eigenvalue weighted by molar-refractivity contribution is 5.55. The van der Waals surface area contributed by atoms with E-state index in [1.165, 1.54) is 0 Å². The van der Waals surface area contributed by atoms with E-state index in [9.17, 15) is 0 Å². The first-order valence-corrected chi connectivity index (χ1v) is 7.10. The van der Waals surface area contributed by atoms with Crippen molar-refractivity contribution in [2.24, 2.45) is 0 Å². The third kappa shape index (κ3) is 2.53. The molecule has 1 saturated heterocycles. The zero-order valence-corrected chi connectivity index (χ0v) is 11.7. The van der Waals surface area contributed by atoms with Crippen molar-refractivity contribution in [3.63, 3.8) is 0 Å². The van der Waals surface area contributed by atoms with Gasteiger partial charge in [0.2, 0.25) is 5.95 Å². The number of rotatable bonds is 4. The molecular formula is C13H20N6O. The van der Waals surface area contributed by atoms with Gasteiger partial charge in [-0.1, -0.05) is 6.92 Å². The van der Waals surface area contributed by atoms with Gasteiger partial charge in [0, 0.05) is 25.8 Å². The first-order chi connectivity index (χ1) is 9.78. The molecule has 0 saturated carbocycles. The van der Waals surface area contributed by atoms with Crippen LogP contribution in [0.15, 0.2) is 12.4 Å². The predicted molar refractivity (Wildman–Crippen MR) is 76.7 cm³/mol. The highest BCUT2D eigenvalue weighted by Crippen LogP contribution is 2.22. The highest BCUT2D eigenvalue weighted by atomic mass is 16.5. The molecule has 1 aliphatic heterocycles. The van der Waals surface area contributed by atoms with Gasteiger partial charge in [-0.15, -0.1) is 10.2 Å². The number of anilines is 2. The number of piperidine rings is 1. The molecular weight excluding hydrogens is 256 g/mol. The van der Waals surface area contributed by atoms with Crippen molar-refractivity contribution < 1.29 is 4.74 Å². The third-order valence-electron chi connectivity index (χ3n) is 3.57. The van der Waals surface area contributed by atoms with E-state index in [0.29, 0.717) is 5.95 Å². The van der Waals surface area contributed by atoms with Crippen LogP contribution in [0.1, 0.15) is 26.2 Å². The summed E-state index contributed by atoms with van der Waals surface area (Å²) < 4.78 is 7.53. The second kappa shape index (κ2) is 5.62. The molecule has 1 fully saturated rings. The summed E-state index contributed by atoms with van der Waals surface area (Å²) in [5.41, 5.74) is 6.66. The Kier molecular flexibility index (Phi) is 3.68. The molecule has 0 aliphatic carbocycles. The third-order valence-corrected chi connectivity index (χ3v) is 3.57. The van der Waals surface area contributed by atoms with Gasteiger partial charge in [0.1, 0.15) is 12.1 Å². The van der Waals surface area contributed by atoms with Crippen LogP contribution >= 0.6 is 0 Å². The Labute approximate surface area is 117 Å². The van der Waals surface area contributed by atoms with Crippen LogP contribution < -0.4 is 10.6 Å². The smallest absolute Gasteiger partial charge is 0.209 e. The van der Waals surface area contributed by atoms with E-state index >= 15 is 0 Å². The van der Waals surface area contributed by atoms with Gasteiger partial charge in [-0.05, 0) is 19.3 Å². The molecule has 3 heterocycles. The summed E-state index contributed by atoms with van der Waals surface area (Å²) in [7, 11) is 0. The first kappa shape index (κ1) is 13.1. The zero-order valence-electron chi connectivity index (χ0n) is 11.7. The minimum atomic E-state index is 0.279. The quantitative estimate of drug-likeness (QED) is 0.900. The average Bonchev–Trinajstić information content (AvgIpc) is 2.94. The molecule has 0 spiro atoms. The van der Waals surface area contributed by atoms with Crippen LogP contribution in [0.3, 0.4) is 0 Å². The van der Waals surface area contributed by atoms with Crippen molar-refractivity contribution in [1.82, 2.24) is 19.6 Å². The van der Waals surface area contributed by atoms with Crippen molar-refractivity contribution >= 4 is 17.4 Å². The van der Waals surface area contributed by atoms with E-state index in [-0.39, 0.29) is 6.10 Å². The Morgan fingerprint density at radius 3 is 3.25 bits per heavy atom. The van der Waals surface area contributed by atoms with E-state index in [1.807, 2.05) is 6.07 Å². The minimum Gasteiger partial charge on any atom is -0.376 e. The largest absolute Gasteiger partial charge is 0.376 e. The average molecular weight is 276 g/mol. The van der Waals surface area contributed by atoms with E-state index in [0.717, 1.165) is 50.4 Å². The van der Waals surface area contributed by atoms with Gasteiger partial charge >= 0.3 is 0 Å². The predicted octanol–water partition coefficient (Wildman–Crippen LogP) is 1.10. The van der Waals surface area contributed by atoms with Crippen LogP contribution in [-0.4, -0.2) is 45.4 Å². The van der Waals surface area contributed by atoms with E-state index in [2.05, 4.69) is 27.0 Å². The Hall–Kier alpha value is -1.89. The van der Waals surface area contributed by atoms with E-state index in [4.69, 9.17) is 10.5 Å². The van der Waals surface area contributed by atoms with E-state index in [1.54, 1.807) is 10.7 Å². The molecule has 108 valence electrons. The van der Waals surface area contributed by atoms with Crippen molar-refractivity contribution in [3.05, 3.63) is 12.4 Å². The number of aromatic nitrogens is 4. The van der Waals surface area contributed by atoms with Gasteiger partial charge in [0.05, 0.1) is 6.10 Å². The SMILES string of the molecule is CCCOC1CCCN(c2cc3nncn3c(N)n2)C1. The number of nitrogens with two attached hydrogens (primary N) is 1. The van der Waals surface area contributed by atoms with Crippen LogP contribution in [0, 0.1) is 0 Å². The van der Waals surface area contributed by atoms with Crippen LogP contribution in [0.2, 0.25) is 0 Å². The summed E-state index contributed by atoms with van der Waals surface area (Å²) in [6.07, 6.45) is 5.12. The summed E-state index contributed by atoms with van der Waals surface area (Å²) in [6.45, 7) is 4.78. The highest BCUT2D eigenvalue weighted by Gasteiger charge is 2.22. The fraction of sp³-hybridized carbons (Fsp3) is 0.615. The lowest BCUT2D eigenvalue weighted by Crippen LogP contribution is -2.40. The molecule has 20 heavy (non-hydrogen) atoms. The summed E-state index contributed by atoms with van der Waals surface area (Å²) in [6, 6.07) is 1.92. The fourth-order valence-electron chi connectivity index (χ4n) is 2.57. The maximum atomic E-state index is 5.94.